The zero-order chi connectivity index (χ0) is 18.7. The summed E-state index contributed by atoms with van der Waals surface area (Å²) in [5.41, 5.74) is 2.30. The third-order valence-electron chi connectivity index (χ3n) is 5.65. The largest absolute Gasteiger partial charge is 0.480 e. The van der Waals surface area contributed by atoms with Crippen LogP contribution in [0.15, 0.2) is 24.3 Å². The molecule has 1 aromatic carbocycles. The highest BCUT2D eigenvalue weighted by atomic mass is 35.5. The van der Waals surface area contributed by atoms with Crippen LogP contribution < -0.4 is 4.90 Å². The highest BCUT2D eigenvalue weighted by molar-refractivity contribution is 5.97. The van der Waals surface area contributed by atoms with Crippen LogP contribution in [0.1, 0.15) is 32.3 Å². The number of likely N-dealkylation sites (N-methyl/N-ethyl adjacent to an activating group) is 1. The number of hydrogen-bond donors (Lipinski definition) is 1. The molecule has 1 atom stereocenters. The van der Waals surface area contributed by atoms with E-state index in [9.17, 15) is 9.59 Å². The number of anilines is 1. The maximum atomic E-state index is 12.9. The molecule has 1 N–H and O–H groups in total. The second kappa shape index (κ2) is 9.53. The fourth-order valence-corrected chi connectivity index (χ4v) is 4.33. The molecule has 0 aliphatic carbocycles. The number of nitrogens with zero attached hydrogens (tertiary/aromatic N) is 3. The number of carboxylic acid groups (broad SMARTS) is 1. The lowest BCUT2D eigenvalue weighted by Gasteiger charge is -2.37. The molecule has 1 unspecified atom stereocenters. The van der Waals surface area contributed by atoms with Gasteiger partial charge in [0.2, 0.25) is 5.91 Å². The van der Waals surface area contributed by atoms with Gasteiger partial charge in [-0.2, -0.15) is 0 Å². The van der Waals surface area contributed by atoms with Crippen LogP contribution in [0, 0.1) is 0 Å². The molecule has 150 valence electrons. The lowest BCUT2D eigenvalue weighted by Crippen LogP contribution is -2.49. The summed E-state index contributed by atoms with van der Waals surface area (Å²) < 4.78 is 0. The summed E-state index contributed by atoms with van der Waals surface area (Å²) in [6, 6.07) is 8.67. The van der Waals surface area contributed by atoms with E-state index in [-0.39, 0.29) is 30.9 Å². The molecular weight excluding hydrogens is 366 g/mol. The normalized spacial score (nSPS) is 20.4. The van der Waals surface area contributed by atoms with E-state index in [1.807, 2.05) is 34.9 Å². The van der Waals surface area contributed by atoms with Crippen LogP contribution in [0.25, 0.3) is 0 Å². The Kier molecular flexibility index (Phi) is 7.65. The second-order valence-electron chi connectivity index (χ2n) is 7.41. The number of carboxylic acids is 1. The Bertz CT molecular complexity index is 662. The summed E-state index contributed by atoms with van der Waals surface area (Å²) in [5.74, 6) is -0.607. The molecule has 7 heteroatoms. The van der Waals surface area contributed by atoms with Gasteiger partial charge in [0.05, 0.1) is 13.1 Å². The van der Waals surface area contributed by atoms with Crippen molar-refractivity contribution >= 4 is 30.0 Å². The minimum atomic E-state index is -0.772. The first kappa shape index (κ1) is 21.7. The van der Waals surface area contributed by atoms with Crippen LogP contribution in [0.5, 0.6) is 0 Å². The minimum absolute atomic E-state index is 0. The topological polar surface area (TPSA) is 64.1 Å². The average Bonchev–Trinajstić information content (AvgIpc) is 2.96. The van der Waals surface area contributed by atoms with E-state index >= 15 is 0 Å². The number of benzene rings is 1. The van der Waals surface area contributed by atoms with Crippen LogP contribution in [0.4, 0.5) is 5.69 Å². The number of rotatable bonds is 6. The average molecular weight is 396 g/mol. The second-order valence-corrected chi connectivity index (χ2v) is 7.41. The molecule has 1 aromatic rings. The van der Waals surface area contributed by atoms with Crippen molar-refractivity contribution in [2.75, 3.05) is 37.6 Å². The number of halogens is 1. The SMILES string of the molecule is CCN(CC(=O)O)C1CCN(CC(=O)N2c3ccccc3CC2C)CC1.Cl. The number of amides is 1. The van der Waals surface area contributed by atoms with Gasteiger partial charge in [0.1, 0.15) is 0 Å². The Morgan fingerprint density at radius 1 is 1.22 bits per heavy atom. The number of carbonyl (C=O) groups excluding carboxylic acids is 1. The van der Waals surface area contributed by atoms with E-state index in [0.717, 1.165) is 44.6 Å². The quantitative estimate of drug-likeness (QED) is 0.800. The molecule has 27 heavy (non-hydrogen) atoms. The van der Waals surface area contributed by atoms with Gasteiger partial charge >= 0.3 is 5.97 Å². The monoisotopic (exact) mass is 395 g/mol. The van der Waals surface area contributed by atoms with Gasteiger partial charge < -0.3 is 10.0 Å². The van der Waals surface area contributed by atoms with E-state index < -0.39 is 5.97 Å². The molecule has 1 amide bonds. The van der Waals surface area contributed by atoms with E-state index in [1.165, 1.54) is 5.56 Å². The summed E-state index contributed by atoms with van der Waals surface area (Å²) in [5, 5.41) is 9.04. The van der Waals surface area contributed by atoms with Crippen molar-refractivity contribution < 1.29 is 14.7 Å². The maximum Gasteiger partial charge on any atom is 0.317 e. The minimum Gasteiger partial charge on any atom is -0.480 e. The summed E-state index contributed by atoms with van der Waals surface area (Å²) in [6.07, 6.45) is 2.76. The number of piperidine rings is 1. The highest BCUT2D eigenvalue weighted by Gasteiger charge is 2.32. The first-order chi connectivity index (χ1) is 12.5. The number of hydrogen-bond acceptors (Lipinski definition) is 4. The van der Waals surface area contributed by atoms with Gasteiger partial charge in [0.25, 0.3) is 0 Å². The fraction of sp³-hybridized carbons (Fsp3) is 0.600. The van der Waals surface area contributed by atoms with Gasteiger partial charge in [-0.3, -0.25) is 19.4 Å². The molecule has 0 spiro atoms. The third-order valence-corrected chi connectivity index (χ3v) is 5.65. The number of likely N-dealkylation sites (tertiary alicyclic amines) is 1. The Labute approximate surface area is 167 Å². The van der Waals surface area contributed by atoms with Crippen LogP contribution >= 0.6 is 12.4 Å². The van der Waals surface area contributed by atoms with Crippen molar-refractivity contribution in [1.82, 2.24) is 9.80 Å². The Balaban J connectivity index is 0.00000261. The van der Waals surface area contributed by atoms with E-state index in [2.05, 4.69) is 17.9 Å². The van der Waals surface area contributed by atoms with Gasteiger partial charge in [-0.25, -0.2) is 0 Å². The number of carbonyl (C=O) groups is 2. The molecule has 1 saturated heterocycles. The number of aliphatic carboxylic acids is 1. The van der Waals surface area contributed by atoms with E-state index in [4.69, 9.17) is 5.11 Å². The first-order valence-electron chi connectivity index (χ1n) is 9.57. The summed E-state index contributed by atoms with van der Waals surface area (Å²) in [7, 11) is 0. The van der Waals surface area contributed by atoms with Crippen molar-refractivity contribution in [2.45, 2.75) is 45.2 Å². The Hall–Kier alpha value is -1.63. The molecule has 0 aromatic heterocycles. The number of fused-ring (bicyclic) bond motifs is 1. The van der Waals surface area contributed by atoms with Crippen LogP contribution in [0.2, 0.25) is 0 Å². The smallest absolute Gasteiger partial charge is 0.317 e. The van der Waals surface area contributed by atoms with Crippen molar-refractivity contribution in [3.63, 3.8) is 0 Å². The molecule has 2 aliphatic heterocycles. The van der Waals surface area contributed by atoms with Gasteiger partial charge in [0, 0.05) is 30.9 Å². The van der Waals surface area contributed by atoms with Crippen molar-refractivity contribution in [3.8, 4) is 0 Å². The molecule has 0 bridgehead atoms. The molecule has 1 fully saturated rings. The lowest BCUT2D eigenvalue weighted by molar-refractivity contribution is -0.139. The number of para-hydroxylation sites is 1. The van der Waals surface area contributed by atoms with Crippen molar-refractivity contribution in [3.05, 3.63) is 29.8 Å². The molecule has 0 radical (unpaired) electrons. The van der Waals surface area contributed by atoms with Crippen LogP contribution in [0.3, 0.4) is 0 Å². The molecule has 6 nitrogen and oxygen atoms in total. The summed E-state index contributed by atoms with van der Waals surface area (Å²) >= 11 is 0. The van der Waals surface area contributed by atoms with Gasteiger partial charge in [-0.1, -0.05) is 25.1 Å². The van der Waals surface area contributed by atoms with Crippen molar-refractivity contribution in [2.24, 2.45) is 0 Å². The molecule has 0 saturated carbocycles. The Morgan fingerprint density at radius 3 is 2.52 bits per heavy atom. The zero-order valence-corrected chi connectivity index (χ0v) is 17.0. The predicted molar refractivity (Wildman–Crippen MR) is 109 cm³/mol. The zero-order valence-electron chi connectivity index (χ0n) is 16.1. The standard InChI is InChI=1S/C20H29N3O3.ClH/c1-3-22(14-20(25)26)17-8-10-21(11-9-17)13-19(24)23-15(2)12-16-6-4-5-7-18(16)23;/h4-7,15,17H,3,8-14H2,1-2H3,(H,25,26);1H. The Morgan fingerprint density at radius 2 is 1.89 bits per heavy atom. The highest BCUT2D eigenvalue weighted by Crippen LogP contribution is 2.32. The lowest BCUT2D eigenvalue weighted by atomic mass is 10.0. The van der Waals surface area contributed by atoms with Gasteiger partial charge in [-0.15, -0.1) is 12.4 Å². The molecular formula is C20H30ClN3O3. The predicted octanol–water partition coefficient (Wildman–Crippen LogP) is 2.26. The summed E-state index contributed by atoms with van der Waals surface area (Å²) in [6.45, 7) is 7.09. The van der Waals surface area contributed by atoms with E-state index in [0.29, 0.717) is 12.6 Å². The van der Waals surface area contributed by atoms with Gasteiger partial charge in [0.15, 0.2) is 0 Å². The molecule has 3 rings (SSSR count). The fourth-order valence-electron chi connectivity index (χ4n) is 4.33. The van der Waals surface area contributed by atoms with Crippen LogP contribution in [-0.4, -0.2) is 71.6 Å². The maximum absolute atomic E-state index is 12.9. The van der Waals surface area contributed by atoms with Crippen LogP contribution in [-0.2, 0) is 16.0 Å². The van der Waals surface area contributed by atoms with Gasteiger partial charge in [-0.05, 0) is 44.4 Å². The third kappa shape index (κ3) is 5.00. The van der Waals surface area contributed by atoms with E-state index in [1.54, 1.807) is 0 Å². The summed E-state index contributed by atoms with van der Waals surface area (Å²) in [4.78, 5) is 30.1. The first-order valence-corrected chi connectivity index (χ1v) is 9.57. The molecule has 2 heterocycles. The van der Waals surface area contributed by atoms with Crippen molar-refractivity contribution in [1.29, 1.82) is 0 Å². The molecule has 2 aliphatic rings.